The summed E-state index contributed by atoms with van der Waals surface area (Å²) < 4.78 is 5.76. The molecule has 7 nitrogen and oxygen atoms in total. The fraction of sp³-hybridized carbons (Fsp3) is 0.654. The molecule has 1 aromatic rings. The van der Waals surface area contributed by atoms with Gasteiger partial charge in [-0.3, -0.25) is 10.2 Å². The summed E-state index contributed by atoms with van der Waals surface area (Å²) in [6.45, 7) is 1.49. The normalized spacial score (nSPS) is 24.1. The Bertz CT molecular complexity index is 825. The van der Waals surface area contributed by atoms with E-state index >= 15 is 0 Å². The van der Waals surface area contributed by atoms with Crippen LogP contribution in [0.15, 0.2) is 24.3 Å². The average Bonchev–Trinajstić information content (AvgIpc) is 2.85. The number of nitrogens with one attached hydrogen (secondary N) is 2. The topological polar surface area (TPSA) is 109 Å². The Morgan fingerprint density at radius 3 is 2.12 bits per heavy atom. The van der Waals surface area contributed by atoms with E-state index in [9.17, 15) is 9.59 Å². The van der Waals surface area contributed by atoms with Crippen molar-refractivity contribution in [2.45, 2.75) is 88.7 Å². The van der Waals surface area contributed by atoms with Gasteiger partial charge >= 0.3 is 12.0 Å². The van der Waals surface area contributed by atoms with Crippen LogP contribution in [0, 0.1) is 11.3 Å². The number of carbonyl (C=O) groups excluding carboxylic acids is 2. The standard InChI is InChI=1S/C26H38N4O3.ClH/c27-24(28)20-8-6-18(7-9-20)19-14-16-30(17-15-19)26(32)29-22-12-10-21(11-13-22)25(31)33-23-4-2-1-3-5-23;/h6-9,19,21-23H,1-5,10-17H2,(H3,27,28)(H,29,32);1H/t21-,22-;. The molecule has 34 heavy (non-hydrogen) atoms. The van der Waals surface area contributed by atoms with Crippen LogP contribution in [0.3, 0.4) is 0 Å². The Kier molecular flexibility index (Phi) is 9.63. The molecule has 3 aliphatic rings. The van der Waals surface area contributed by atoms with Crippen molar-refractivity contribution in [2.24, 2.45) is 11.7 Å². The highest BCUT2D eigenvalue weighted by atomic mass is 35.5. The molecule has 2 saturated carbocycles. The first-order valence-electron chi connectivity index (χ1n) is 12.7. The highest BCUT2D eigenvalue weighted by Gasteiger charge is 2.31. The quantitative estimate of drug-likeness (QED) is 0.315. The van der Waals surface area contributed by atoms with Crippen molar-refractivity contribution in [3.63, 3.8) is 0 Å². The molecule has 0 atom stereocenters. The van der Waals surface area contributed by atoms with E-state index in [1.807, 2.05) is 17.0 Å². The zero-order valence-corrected chi connectivity index (χ0v) is 20.8. The van der Waals surface area contributed by atoms with Crippen molar-refractivity contribution in [2.75, 3.05) is 13.1 Å². The summed E-state index contributed by atoms with van der Waals surface area (Å²) in [6.07, 6.45) is 10.9. The Morgan fingerprint density at radius 2 is 1.53 bits per heavy atom. The zero-order chi connectivity index (χ0) is 23.2. The van der Waals surface area contributed by atoms with E-state index in [1.54, 1.807) is 0 Å². The van der Waals surface area contributed by atoms with E-state index in [-0.39, 0.29) is 48.3 Å². The molecule has 0 aromatic heterocycles. The van der Waals surface area contributed by atoms with E-state index in [0.717, 1.165) is 70.0 Å². The fourth-order valence-electron chi connectivity index (χ4n) is 5.53. The maximum atomic E-state index is 12.8. The summed E-state index contributed by atoms with van der Waals surface area (Å²) in [5.74, 6) is 0.485. The number of halogens is 1. The van der Waals surface area contributed by atoms with E-state index in [0.29, 0.717) is 5.92 Å². The smallest absolute Gasteiger partial charge is 0.317 e. The van der Waals surface area contributed by atoms with E-state index in [2.05, 4.69) is 17.4 Å². The number of hydrogen-bond acceptors (Lipinski definition) is 4. The average molecular weight is 491 g/mol. The number of piperidine rings is 1. The minimum atomic E-state index is -0.0231. The summed E-state index contributed by atoms with van der Waals surface area (Å²) in [4.78, 5) is 27.2. The van der Waals surface area contributed by atoms with Crippen LogP contribution < -0.4 is 11.1 Å². The van der Waals surface area contributed by atoms with Crippen LogP contribution >= 0.6 is 12.4 Å². The molecule has 4 N–H and O–H groups in total. The predicted octanol–water partition coefficient (Wildman–Crippen LogP) is 4.72. The number of amidine groups is 1. The highest BCUT2D eigenvalue weighted by molar-refractivity contribution is 5.94. The van der Waals surface area contributed by atoms with E-state index in [1.165, 1.54) is 24.8 Å². The van der Waals surface area contributed by atoms with Crippen LogP contribution in [0.2, 0.25) is 0 Å². The second kappa shape index (κ2) is 12.4. The summed E-state index contributed by atoms with van der Waals surface area (Å²) >= 11 is 0. The minimum Gasteiger partial charge on any atom is -0.462 e. The van der Waals surface area contributed by atoms with Gasteiger partial charge < -0.3 is 20.7 Å². The molecule has 2 amide bonds. The Labute approximate surface area is 209 Å². The second-order valence-electron chi connectivity index (χ2n) is 9.99. The van der Waals surface area contributed by atoms with Crippen LogP contribution in [0.1, 0.15) is 87.7 Å². The van der Waals surface area contributed by atoms with Crippen LogP contribution in [-0.4, -0.2) is 48.0 Å². The SMILES string of the molecule is Cl.N=C(N)c1ccc(C2CCN(C(=O)N[C@H]3CC[C@H](C(=O)OC4CCCCC4)CC3)CC2)cc1. The lowest BCUT2D eigenvalue weighted by Gasteiger charge is -2.35. The first-order valence-corrected chi connectivity index (χ1v) is 12.7. The molecule has 1 aliphatic heterocycles. The summed E-state index contributed by atoms with van der Waals surface area (Å²) in [5, 5.41) is 10.7. The van der Waals surface area contributed by atoms with Gasteiger partial charge in [-0.1, -0.05) is 30.7 Å². The van der Waals surface area contributed by atoms with Crippen molar-refractivity contribution in [3.05, 3.63) is 35.4 Å². The molecule has 188 valence electrons. The van der Waals surface area contributed by atoms with Gasteiger partial charge in [-0.2, -0.15) is 0 Å². The van der Waals surface area contributed by atoms with Gasteiger partial charge in [-0.25, -0.2) is 4.79 Å². The molecule has 8 heteroatoms. The second-order valence-corrected chi connectivity index (χ2v) is 9.99. The first-order chi connectivity index (χ1) is 16.0. The molecule has 4 rings (SSSR count). The number of esters is 1. The number of nitrogens with zero attached hydrogens (tertiary/aromatic N) is 1. The van der Waals surface area contributed by atoms with Crippen molar-refractivity contribution >= 4 is 30.2 Å². The van der Waals surface area contributed by atoms with Gasteiger partial charge in [0.15, 0.2) is 0 Å². The van der Waals surface area contributed by atoms with Crippen molar-refractivity contribution < 1.29 is 14.3 Å². The van der Waals surface area contributed by atoms with E-state index in [4.69, 9.17) is 15.9 Å². The summed E-state index contributed by atoms with van der Waals surface area (Å²) in [5.41, 5.74) is 7.53. The van der Waals surface area contributed by atoms with Gasteiger partial charge in [0, 0.05) is 24.7 Å². The monoisotopic (exact) mass is 490 g/mol. The van der Waals surface area contributed by atoms with E-state index < -0.39 is 0 Å². The number of nitrogens with two attached hydrogens (primary N) is 1. The number of rotatable bonds is 5. The van der Waals surface area contributed by atoms with Gasteiger partial charge in [0.25, 0.3) is 0 Å². The Morgan fingerprint density at radius 1 is 0.912 bits per heavy atom. The number of urea groups is 1. The van der Waals surface area contributed by atoms with Crippen molar-refractivity contribution in [3.8, 4) is 0 Å². The molecule has 1 heterocycles. The fourth-order valence-corrected chi connectivity index (χ4v) is 5.53. The maximum absolute atomic E-state index is 12.8. The third kappa shape index (κ3) is 6.87. The zero-order valence-electron chi connectivity index (χ0n) is 20.0. The summed E-state index contributed by atoms with van der Waals surface area (Å²) in [7, 11) is 0. The van der Waals surface area contributed by atoms with Gasteiger partial charge in [0.1, 0.15) is 11.9 Å². The number of likely N-dealkylation sites (tertiary alicyclic amines) is 1. The Hall–Kier alpha value is -2.28. The van der Waals surface area contributed by atoms with Crippen molar-refractivity contribution in [1.29, 1.82) is 5.41 Å². The van der Waals surface area contributed by atoms with Crippen LogP contribution in [-0.2, 0) is 9.53 Å². The van der Waals surface area contributed by atoms with Gasteiger partial charge in [0.05, 0.1) is 5.92 Å². The third-order valence-corrected chi connectivity index (χ3v) is 7.70. The number of benzene rings is 1. The Balaban J connectivity index is 0.00000324. The highest BCUT2D eigenvalue weighted by Crippen LogP contribution is 2.30. The molecule has 3 fully saturated rings. The molecule has 0 bridgehead atoms. The first kappa shape index (κ1) is 26.3. The molecule has 0 spiro atoms. The molecular formula is C26H39ClN4O3. The molecule has 1 saturated heterocycles. The lowest BCUT2D eigenvalue weighted by atomic mass is 9.86. The van der Waals surface area contributed by atoms with Gasteiger partial charge in [-0.15, -0.1) is 12.4 Å². The van der Waals surface area contributed by atoms with Gasteiger partial charge in [0.2, 0.25) is 0 Å². The molecular weight excluding hydrogens is 452 g/mol. The largest absolute Gasteiger partial charge is 0.462 e. The predicted molar refractivity (Wildman–Crippen MR) is 135 cm³/mol. The summed E-state index contributed by atoms with van der Waals surface area (Å²) in [6, 6.07) is 8.07. The van der Waals surface area contributed by atoms with Crippen LogP contribution in [0.4, 0.5) is 4.79 Å². The lowest BCUT2D eigenvalue weighted by molar-refractivity contribution is -0.156. The number of ether oxygens (including phenoxy) is 1. The van der Waals surface area contributed by atoms with Crippen LogP contribution in [0.5, 0.6) is 0 Å². The minimum absolute atomic E-state index is 0. The molecule has 0 unspecified atom stereocenters. The molecule has 0 radical (unpaired) electrons. The van der Waals surface area contributed by atoms with Crippen LogP contribution in [0.25, 0.3) is 0 Å². The number of nitrogen functional groups attached to an aromatic ring is 1. The molecule has 2 aliphatic carbocycles. The molecule has 1 aromatic carbocycles. The third-order valence-electron chi connectivity index (χ3n) is 7.70. The van der Waals surface area contributed by atoms with Gasteiger partial charge in [-0.05, 0) is 75.7 Å². The number of hydrogen-bond donors (Lipinski definition) is 3. The van der Waals surface area contributed by atoms with Crippen molar-refractivity contribution in [1.82, 2.24) is 10.2 Å². The number of carbonyl (C=O) groups is 2. The number of amides is 2. The maximum Gasteiger partial charge on any atom is 0.317 e. The lowest BCUT2D eigenvalue weighted by Crippen LogP contribution is -2.48.